The van der Waals surface area contributed by atoms with E-state index in [0.717, 1.165) is 11.8 Å². The van der Waals surface area contributed by atoms with Gasteiger partial charge in [-0.15, -0.1) is 0 Å². The molecule has 0 heterocycles. The van der Waals surface area contributed by atoms with Crippen LogP contribution in [0.1, 0.15) is 51.4 Å². The Bertz CT molecular complexity index is 181. The average Bonchev–Trinajstić information content (AvgIpc) is 2.30. The summed E-state index contributed by atoms with van der Waals surface area (Å²) in [4.78, 5) is 0. The highest BCUT2D eigenvalue weighted by Gasteiger charge is 2.31. The van der Waals surface area contributed by atoms with Gasteiger partial charge in [0.15, 0.2) is 0 Å². The minimum absolute atomic E-state index is 0.403. The molecule has 0 aromatic heterocycles. The van der Waals surface area contributed by atoms with Crippen molar-refractivity contribution >= 4 is 0 Å². The predicted octanol–water partition coefficient (Wildman–Crippen LogP) is 1.35. The van der Waals surface area contributed by atoms with E-state index in [2.05, 4.69) is 0 Å². The molecule has 0 aliphatic heterocycles. The molecule has 0 aromatic rings. The zero-order chi connectivity index (χ0) is 11.5. The molecule has 2 aliphatic rings. The molecule has 3 heteroatoms. The smallest absolute Gasteiger partial charge is 0.00956 e. The summed E-state index contributed by atoms with van der Waals surface area (Å²) in [5, 5.41) is 0. The maximum absolute atomic E-state index is 6.43. The molecule has 2 rings (SSSR count). The molecule has 0 saturated heterocycles. The van der Waals surface area contributed by atoms with Crippen LogP contribution in [0.5, 0.6) is 0 Å². The molecule has 2 fully saturated rings. The van der Waals surface area contributed by atoms with Gasteiger partial charge in [0.05, 0.1) is 0 Å². The number of hydrogen-bond acceptors (Lipinski definition) is 3. The molecule has 6 N–H and O–H groups in total. The van der Waals surface area contributed by atoms with Gasteiger partial charge in [0.25, 0.3) is 0 Å². The first kappa shape index (κ1) is 12.3. The van der Waals surface area contributed by atoms with Crippen LogP contribution >= 0.6 is 0 Å². The molecule has 0 amide bonds. The van der Waals surface area contributed by atoms with Crippen LogP contribution in [-0.4, -0.2) is 18.1 Å². The first-order valence-corrected chi connectivity index (χ1v) is 6.93. The van der Waals surface area contributed by atoms with Gasteiger partial charge in [0.2, 0.25) is 0 Å². The van der Waals surface area contributed by atoms with Crippen LogP contribution in [-0.2, 0) is 0 Å². The van der Waals surface area contributed by atoms with Crippen LogP contribution in [0.3, 0.4) is 0 Å². The molecule has 0 radical (unpaired) electrons. The minimum atomic E-state index is 0.403. The number of hydrogen-bond donors (Lipinski definition) is 3. The van der Waals surface area contributed by atoms with Gasteiger partial charge in [0, 0.05) is 18.1 Å². The van der Waals surface area contributed by atoms with E-state index < -0.39 is 0 Å². The summed E-state index contributed by atoms with van der Waals surface area (Å²) in [5.74, 6) is 1.44. The van der Waals surface area contributed by atoms with Crippen LogP contribution in [0.4, 0.5) is 0 Å². The van der Waals surface area contributed by atoms with E-state index in [1.807, 2.05) is 0 Å². The molecule has 0 unspecified atom stereocenters. The van der Waals surface area contributed by atoms with Crippen LogP contribution in [0.25, 0.3) is 0 Å². The average molecular weight is 225 g/mol. The third kappa shape index (κ3) is 2.96. The van der Waals surface area contributed by atoms with Gasteiger partial charge in [-0.25, -0.2) is 0 Å². The van der Waals surface area contributed by atoms with Crippen molar-refractivity contribution in [2.45, 2.75) is 69.5 Å². The molecule has 2 aliphatic carbocycles. The Labute approximate surface area is 99.1 Å². The van der Waals surface area contributed by atoms with E-state index >= 15 is 0 Å². The summed E-state index contributed by atoms with van der Waals surface area (Å²) in [7, 11) is 0. The van der Waals surface area contributed by atoms with Gasteiger partial charge in [0.1, 0.15) is 0 Å². The lowest BCUT2D eigenvalue weighted by Crippen LogP contribution is -2.43. The quantitative estimate of drug-likeness (QED) is 0.664. The van der Waals surface area contributed by atoms with E-state index in [4.69, 9.17) is 17.2 Å². The van der Waals surface area contributed by atoms with Crippen molar-refractivity contribution in [2.75, 3.05) is 0 Å². The molecular formula is C13H27N3. The van der Waals surface area contributed by atoms with Crippen LogP contribution in [0, 0.1) is 11.8 Å². The zero-order valence-electron chi connectivity index (χ0n) is 10.3. The van der Waals surface area contributed by atoms with Gasteiger partial charge in [-0.3, -0.25) is 0 Å². The van der Waals surface area contributed by atoms with Gasteiger partial charge < -0.3 is 17.2 Å². The Morgan fingerprint density at radius 1 is 0.625 bits per heavy atom. The van der Waals surface area contributed by atoms with Crippen molar-refractivity contribution in [2.24, 2.45) is 29.0 Å². The summed E-state index contributed by atoms with van der Waals surface area (Å²) in [5.41, 5.74) is 18.3. The fourth-order valence-electron chi connectivity index (χ4n) is 3.44. The van der Waals surface area contributed by atoms with Crippen molar-refractivity contribution in [1.82, 2.24) is 0 Å². The maximum Gasteiger partial charge on any atom is 0.00956 e. The molecule has 0 bridgehead atoms. The molecule has 0 spiro atoms. The molecule has 16 heavy (non-hydrogen) atoms. The SMILES string of the molecule is NC1CCC(C(N)C2CCC(N)CC2)CC1. The highest BCUT2D eigenvalue weighted by molar-refractivity contribution is 4.88. The van der Waals surface area contributed by atoms with E-state index in [9.17, 15) is 0 Å². The van der Waals surface area contributed by atoms with E-state index in [1.165, 1.54) is 51.4 Å². The highest BCUT2D eigenvalue weighted by Crippen LogP contribution is 2.33. The summed E-state index contributed by atoms with van der Waals surface area (Å²) < 4.78 is 0. The first-order chi connectivity index (χ1) is 7.66. The molecule has 0 aromatic carbocycles. The highest BCUT2D eigenvalue weighted by atomic mass is 14.7. The van der Waals surface area contributed by atoms with Crippen LogP contribution in [0.2, 0.25) is 0 Å². The fraction of sp³-hybridized carbons (Fsp3) is 1.00. The largest absolute Gasteiger partial charge is 0.328 e. The topological polar surface area (TPSA) is 78.1 Å². The van der Waals surface area contributed by atoms with Gasteiger partial charge in [-0.1, -0.05) is 0 Å². The Morgan fingerprint density at radius 2 is 0.938 bits per heavy atom. The predicted molar refractivity (Wildman–Crippen MR) is 67.8 cm³/mol. The normalized spacial score (nSPS) is 42.9. The first-order valence-electron chi connectivity index (χ1n) is 6.93. The van der Waals surface area contributed by atoms with Gasteiger partial charge >= 0.3 is 0 Å². The van der Waals surface area contributed by atoms with E-state index in [1.54, 1.807) is 0 Å². The standard InChI is InChI=1S/C13H27N3/c14-11-5-1-9(2-6-11)13(16)10-3-7-12(15)8-4-10/h9-13H,1-8,14-16H2. The molecule has 3 nitrogen and oxygen atoms in total. The van der Waals surface area contributed by atoms with E-state index in [-0.39, 0.29) is 0 Å². The second-order valence-electron chi connectivity index (χ2n) is 5.93. The summed E-state index contributed by atoms with van der Waals surface area (Å²) in [6, 6.07) is 1.27. The Hall–Kier alpha value is -0.120. The Morgan fingerprint density at radius 3 is 1.25 bits per heavy atom. The summed E-state index contributed by atoms with van der Waals surface area (Å²) >= 11 is 0. The molecule has 94 valence electrons. The van der Waals surface area contributed by atoms with Crippen molar-refractivity contribution in [3.63, 3.8) is 0 Å². The number of rotatable bonds is 2. The van der Waals surface area contributed by atoms with Crippen molar-refractivity contribution in [3.05, 3.63) is 0 Å². The van der Waals surface area contributed by atoms with Crippen molar-refractivity contribution < 1.29 is 0 Å². The lowest BCUT2D eigenvalue weighted by molar-refractivity contribution is 0.190. The van der Waals surface area contributed by atoms with Crippen LogP contribution in [0.15, 0.2) is 0 Å². The van der Waals surface area contributed by atoms with E-state index in [0.29, 0.717) is 18.1 Å². The third-order valence-electron chi connectivity index (χ3n) is 4.72. The lowest BCUT2D eigenvalue weighted by Gasteiger charge is -2.37. The fourth-order valence-corrected chi connectivity index (χ4v) is 3.44. The Balaban J connectivity index is 1.80. The zero-order valence-corrected chi connectivity index (χ0v) is 10.3. The van der Waals surface area contributed by atoms with Crippen LogP contribution < -0.4 is 17.2 Å². The maximum atomic E-state index is 6.43. The summed E-state index contributed by atoms with van der Waals surface area (Å²) in [6.45, 7) is 0. The lowest BCUT2D eigenvalue weighted by atomic mass is 9.73. The monoisotopic (exact) mass is 225 g/mol. The molecule has 0 atom stereocenters. The molecule has 2 saturated carbocycles. The summed E-state index contributed by atoms with van der Waals surface area (Å²) in [6.07, 6.45) is 9.65. The van der Waals surface area contributed by atoms with Gasteiger partial charge in [-0.2, -0.15) is 0 Å². The second-order valence-corrected chi connectivity index (χ2v) is 5.93. The van der Waals surface area contributed by atoms with Crippen molar-refractivity contribution in [3.8, 4) is 0 Å². The van der Waals surface area contributed by atoms with Gasteiger partial charge in [-0.05, 0) is 63.2 Å². The number of nitrogens with two attached hydrogens (primary N) is 3. The second kappa shape index (κ2) is 5.48. The Kier molecular flexibility index (Phi) is 4.22. The van der Waals surface area contributed by atoms with Crippen molar-refractivity contribution in [1.29, 1.82) is 0 Å². The minimum Gasteiger partial charge on any atom is -0.328 e. The third-order valence-corrected chi connectivity index (χ3v) is 4.72. The molecular weight excluding hydrogens is 198 g/mol.